The summed E-state index contributed by atoms with van der Waals surface area (Å²) in [6.45, 7) is 3.79. The second-order valence-corrected chi connectivity index (χ2v) is 13.3. The fraction of sp³-hybridized carbons (Fsp3) is 1.00. The molecule has 24 heteroatoms. The van der Waals surface area contributed by atoms with Gasteiger partial charge in [0.25, 0.3) is 0 Å². The van der Waals surface area contributed by atoms with Crippen molar-refractivity contribution in [1.82, 2.24) is 0 Å². The van der Waals surface area contributed by atoms with E-state index in [2.05, 4.69) is 8.62 Å². The van der Waals surface area contributed by atoms with Crippen LogP contribution in [0, 0.1) is 0 Å². The van der Waals surface area contributed by atoms with Crippen LogP contribution in [0.2, 0.25) is 0 Å². The molecule has 29 heavy (non-hydrogen) atoms. The van der Waals surface area contributed by atoms with Crippen LogP contribution in [0.4, 0.5) is 0 Å². The van der Waals surface area contributed by atoms with E-state index in [0.717, 1.165) is 20.0 Å². The normalized spacial score (nSPS) is 17.3. The summed E-state index contributed by atoms with van der Waals surface area (Å²) >= 11 is 1.17. The summed E-state index contributed by atoms with van der Waals surface area (Å²) in [6.07, 6.45) is 0. The third kappa shape index (κ3) is 119. The first-order chi connectivity index (χ1) is 10.4. The Balaban J connectivity index is -0.0000000287. The molecule has 0 aromatic rings. The zero-order valence-corrected chi connectivity index (χ0v) is 23.7. The van der Waals surface area contributed by atoms with E-state index in [1.165, 1.54) is 16.2 Å². The molecule has 0 heterocycles. The average Bonchev–Trinajstić information content (AvgIpc) is 2.05. The first kappa shape index (κ1) is 52.8. The molecule has 0 aliphatic carbocycles. The molecule has 0 amide bonds. The zero-order valence-electron chi connectivity index (χ0n) is 15.8. The van der Waals surface area contributed by atoms with E-state index in [0.29, 0.717) is 13.3 Å². The van der Waals surface area contributed by atoms with E-state index in [-0.39, 0.29) is 47.1 Å². The molecule has 4 unspecified atom stereocenters. The number of hydrogen-bond acceptors (Lipinski definition) is 11. The molecule has 4 atom stereocenters. The average molecular weight is 577 g/mol. The Morgan fingerprint density at radius 2 is 0.828 bits per heavy atom. The maximum absolute atomic E-state index is 10.2. The first-order valence-corrected chi connectivity index (χ1v) is 15.8. The van der Waals surface area contributed by atoms with Gasteiger partial charge in [-0.2, -0.15) is 0 Å². The summed E-state index contributed by atoms with van der Waals surface area (Å²) in [4.78, 5) is 53.9. The molecule has 0 saturated carbocycles. The molecule has 174 valence electrons. The van der Waals surface area contributed by atoms with Crippen molar-refractivity contribution in [3.63, 3.8) is 0 Å². The molecule has 0 spiro atoms. The summed E-state index contributed by atoms with van der Waals surface area (Å²) in [6, 6.07) is 0. The fourth-order valence-electron chi connectivity index (χ4n) is 0.545. The molecule has 0 saturated heterocycles. The molecular weight excluding hydrogens is 552 g/mol. The monoisotopic (exact) mass is 577 g/mol. The molecule has 0 aromatic heterocycles. The van der Waals surface area contributed by atoms with Gasteiger partial charge in [-0.3, -0.25) is 17.8 Å². The topological polar surface area (TPSA) is 314 Å². The minimum absolute atomic E-state index is 0. The van der Waals surface area contributed by atoms with Crippen molar-refractivity contribution < 1.29 is 77.0 Å². The van der Waals surface area contributed by atoms with Crippen LogP contribution in [0.3, 0.4) is 0 Å². The van der Waals surface area contributed by atoms with Crippen LogP contribution in [-0.2, 0) is 35.2 Å². The van der Waals surface area contributed by atoms with Crippen LogP contribution in [0.15, 0.2) is 0 Å². The van der Waals surface area contributed by atoms with Crippen LogP contribution >= 0.6 is 38.0 Å². The molecule has 7 N–H and O–H groups in total. The molecular formula is C5H24Al3O16P5. The summed E-state index contributed by atoms with van der Waals surface area (Å²) in [7, 11) is -19.8. The minimum atomic E-state index is -4.11. The van der Waals surface area contributed by atoms with Crippen molar-refractivity contribution in [3.8, 4) is 0 Å². The van der Waals surface area contributed by atoms with Gasteiger partial charge in [-0.25, -0.2) is 0 Å². The van der Waals surface area contributed by atoms with E-state index in [1.807, 2.05) is 0 Å². The van der Waals surface area contributed by atoms with Gasteiger partial charge in [0.05, 0.1) is 0 Å². The van der Waals surface area contributed by atoms with E-state index < -0.39 is 38.0 Å². The molecule has 0 aliphatic rings. The quantitative estimate of drug-likeness (QED) is 0.216. The van der Waals surface area contributed by atoms with E-state index >= 15 is 0 Å². The van der Waals surface area contributed by atoms with Crippen LogP contribution in [0.5, 0.6) is 0 Å². The third-order valence-corrected chi connectivity index (χ3v) is 5.37. The summed E-state index contributed by atoms with van der Waals surface area (Å²) in [5.41, 5.74) is 0. The Morgan fingerprint density at radius 3 is 0.828 bits per heavy atom. The van der Waals surface area contributed by atoms with Gasteiger partial charge in [-0.05, 0) is 0 Å². The maximum atomic E-state index is 10.2. The second-order valence-electron chi connectivity index (χ2n) is 4.12. The van der Waals surface area contributed by atoms with Gasteiger partial charge in [-0.15, -0.1) is 0 Å². The summed E-state index contributed by atoms with van der Waals surface area (Å²) in [5, 5.41) is 0. The molecule has 0 fully saturated rings. The van der Waals surface area contributed by atoms with Gasteiger partial charge in [0.15, 0.2) is 0 Å². The van der Waals surface area contributed by atoms with Gasteiger partial charge in [0.1, 0.15) is 22.8 Å². The third-order valence-electron chi connectivity index (χ3n) is 0.596. The van der Waals surface area contributed by atoms with Crippen LogP contribution in [0.1, 0.15) is 1.43 Å². The molecule has 0 aliphatic heterocycles. The van der Waals surface area contributed by atoms with Crippen molar-refractivity contribution in [2.24, 2.45) is 0 Å². The van der Waals surface area contributed by atoms with Gasteiger partial charge in [0.2, 0.25) is 0 Å². The Morgan fingerprint density at radius 1 is 0.690 bits per heavy atom. The van der Waals surface area contributed by atoms with Crippen molar-refractivity contribution in [2.45, 2.75) is 0 Å². The predicted molar refractivity (Wildman–Crippen MR) is 104 cm³/mol. The molecule has 4 radical (unpaired) electrons. The van der Waals surface area contributed by atoms with Crippen molar-refractivity contribution in [1.29, 1.82) is 0 Å². The van der Waals surface area contributed by atoms with E-state index in [9.17, 15) is 37.5 Å². The van der Waals surface area contributed by atoms with E-state index in [4.69, 9.17) is 18.5 Å². The predicted octanol–water partition coefficient (Wildman–Crippen LogP) is -3.50. The molecule has 0 aromatic carbocycles. The Labute approximate surface area is 198 Å². The van der Waals surface area contributed by atoms with Crippen LogP contribution < -0.4 is 14.7 Å². The first-order valence-electron chi connectivity index (χ1n) is 5.26. The van der Waals surface area contributed by atoms with E-state index in [1.54, 1.807) is 0 Å². The van der Waals surface area contributed by atoms with Crippen molar-refractivity contribution in [2.75, 3.05) is 33.3 Å². The SMILES string of the molecule is CP(=O)(O)O.CP(=O)([O-])OP(C)(=O)O.CP(=O)([O-])OP(C)(=O)[O-].O.O.[2HH].[Al+3].[Al].[O]=[Al]. The molecule has 16 nitrogen and oxygen atoms in total. The standard InChI is InChI=1S/2C2H8O5P2.CH5O3P.3Al.2H2O.O.H2/c2*1-8(3,4)7-9(2,5)6;1-5(2,3)4;;;;;;;/h2*1-2H3,(H,3,4)(H,5,6);1H3,(H2,2,3,4);;;;2*1H2;;1H/q;;;;;+3;;;;/p-3/i;;;;;;;;;1+1. The van der Waals surface area contributed by atoms with Gasteiger partial charge >= 0.3 is 52.6 Å². The second kappa shape index (κ2) is 22.0. The number of rotatable bonds is 4. The van der Waals surface area contributed by atoms with Crippen LogP contribution in [0.25, 0.3) is 0 Å². The summed E-state index contributed by atoms with van der Waals surface area (Å²) in [5.74, 6) is 0. The van der Waals surface area contributed by atoms with Crippen molar-refractivity contribution >= 4 is 88.9 Å². The number of hydrogen-bond donors (Lipinski definition) is 3. The Kier molecular flexibility index (Phi) is 40.0. The van der Waals surface area contributed by atoms with Gasteiger partial charge in [0, 0.05) is 52.1 Å². The molecule has 0 bridgehead atoms. The van der Waals surface area contributed by atoms with Crippen LogP contribution in [-0.4, -0.2) is 110 Å². The fourth-order valence-corrected chi connectivity index (χ4v) is 4.90. The molecule has 0 rings (SSSR count). The van der Waals surface area contributed by atoms with Gasteiger partial charge in [-0.1, -0.05) is 0 Å². The summed E-state index contributed by atoms with van der Waals surface area (Å²) < 4.78 is 65.3. The zero-order chi connectivity index (χ0) is 21.9. The van der Waals surface area contributed by atoms with Gasteiger partial charge < -0.3 is 54.0 Å². The van der Waals surface area contributed by atoms with Crippen molar-refractivity contribution in [3.05, 3.63) is 0 Å². The Bertz CT molecular complexity index is 512. The Hall–Kier alpha value is 2.15.